The van der Waals surface area contributed by atoms with Crippen LogP contribution in [-0.2, 0) is 19.3 Å². The van der Waals surface area contributed by atoms with E-state index in [2.05, 4.69) is 10.4 Å². The Morgan fingerprint density at radius 2 is 1.74 bits per heavy atom. The highest BCUT2D eigenvalue weighted by Crippen LogP contribution is 2.30. The molecule has 1 N–H and O–H groups in total. The number of nitrogens with one attached hydrogen (secondary N) is 1. The number of aryl methyl sites for hydroxylation is 2. The summed E-state index contributed by atoms with van der Waals surface area (Å²) in [4.78, 5) is 23.6. The van der Waals surface area contributed by atoms with Crippen LogP contribution in [0.25, 0.3) is 0 Å². The third-order valence-corrected chi connectivity index (χ3v) is 6.17. The highest BCUT2D eigenvalue weighted by atomic mass is 19.4. The molecule has 0 aliphatic heterocycles. The van der Waals surface area contributed by atoms with Crippen LogP contribution in [0.1, 0.15) is 44.0 Å². The number of nitro groups is 1. The molecule has 0 radical (unpaired) electrons. The van der Waals surface area contributed by atoms with Gasteiger partial charge in [-0.05, 0) is 68.3 Å². The number of halogens is 3. The first-order valence-electron chi connectivity index (χ1n) is 11.9. The van der Waals surface area contributed by atoms with E-state index in [0.717, 1.165) is 12.1 Å². The van der Waals surface area contributed by atoms with Crippen molar-refractivity contribution in [2.24, 2.45) is 0 Å². The van der Waals surface area contributed by atoms with Crippen molar-refractivity contribution in [1.29, 1.82) is 0 Å². The number of benzene rings is 3. The monoisotopic (exact) mass is 538 g/mol. The molecule has 39 heavy (non-hydrogen) atoms. The summed E-state index contributed by atoms with van der Waals surface area (Å²) in [6, 6.07) is 16.3. The van der Waals surface area contributed by atoms with Crippen molar-refractivity contribution >= 4 is 17.3 Å². The molecule has 0 unspecified atom stereocenters. The Labute approximate surface area is 222 Å². The Bertz CT molecular complexity index is 1550. The maximum Gasteiger partial charge on any atom is 0.416 e. The largest absolute Gasteiger partial charge is 0.489 e. The second-order valence-corrected chi connectivity index (χ2v) is 9.05. The summed E-state index contributed by atoms with van der Waals surface area (Å²) in [5.74, 6) is 0.0836. The highest BCUT2D eigenvalue weighted by Gasteiger charge is 2.30. The molecule has 4 rings (SSSR count). The summed E-state index contributed by atoms with van der Waals surface area (Å²) < 4.78 is 46.5. The lowest BCUT2D eigenvalue weighted by Gasteiger charge is -2.11. The molecule has 4 aromatic rings. The van der Waals surface area contributed by atoms with Crippen molar-refractivity contribution < 1.29 is 27.6 Å². The molecule has 1 aromatic heterocycles. The van der Waals surface area contributed by atoms with Crippen molar-refractivity contribution in [3.63, 3.8) is 0 Å². The first kappa shape index (κ1) is 27.4. The van der Waals surface area contributed by atoms with Gasteiger partial charge >= 0.3 is 6.18 Å². The fourth-order valence-corrected chi connectivity index (χ4v) is 4.13. The van der Waals surface area contributed by atoms with Gasteiger partial charge in [0.1, 0.15) is 12.4 Å². The predicted molar refractivity (Wildman–Crippen MR) is 139 cm³/mol. The Morgan fingerprint density at radius 3 is 2.44 bits per heavy atom. The van der Waals surface area contributed by atoms with E-state index in [1.54, 1.807) is 61.9 Å². The summed E-state index contributed by atoms with van der Waals surface area (Å²) in [5.41, 5.74) is 2.89. The molecule has 0 aliphatic carbocycles. The molecule has 3 aromatic carbocycles. The maximum absolute atomic E-state index is 13.1. The number of amides is 1. The van der Waals surface area contributed by atoms with E-state index in [1.807, 2.05) is 0 Å². The van der Waals surface area contributed by atoms with Gasteiger partial charge < -0.3 is 10.1 Å². The van der Waals surface area contributed by atoms with E-state index in [9.17, 15) is 28.1 Å². The van der Waals surface area contributed by atoms with Crippen LogP contribution in [0.3, 0.4) is 0 Å². The van der Waals surface area contributed by atoms with Gasteiger partial charge in [-0.1, -0.05) is 24.3 Å². The molecule has 1 amide bonds. The molecule has 0 saturated heterocycles. The Hall–Kier alpha value is -4.67. The van der Waals surface area contributed by atoms with Crippen LogP contribution in [0.4, 0.5) is 24.5 Å². The second kappa shape index (κ2) is 11.0. The zero-order chi connectivity index (χ0) is 28.3. The first-order valence-corrected chi connectivity index (χ1v) is 11.9. The Balaban J connectivity index is 1.45. The van der Waals surface area contributed by atoms with Crippen LogP contribution in [0, 0.1) is 30.9 Å². The minimum atomic E-state index is -4.44. The Morgan fingerprint density at radius 1 is 1.03 bits per heavy atom. The van der Waals surface area contributed by atoms with Crippen LogP contribution in [0.15, 0.2) is 66.7 Å². The van der Waals surface area contributed by atoms with Crippen molar-refractivity contribution in [3.05, 3.63) is 116 Å². The average molecular weight is 539 g/mol. The number of ether oxygens (including phenoxy) is 1. The molecule has 202 valence electrons. The van der Waals surface area contributed by atoms with Crippen molar-refractivity contribution in [2.75, 3.05) is 5.32 Å². The van der Waals surface area contributed by atoms with Gasteiger partial charge in [-0.25, -0.2) is 0 Å². The van der Waals surface area contributed by atoms with Gasteiger partial charge in [-0.3, -0.25) is 19.6 Å². The van der Waals surface area contributed by atoms with E-state index >= 15 is 0 Å². The molecular weight excluding hydrogens is 513 g/mol. The number of nitrogens with zero attached hydrogens (tertiary/aromatic N) is 3. The van der Waals surface area contributed by atoms with E-state index in [0.29, 0.717) is 45.1 Å². The zero-order valence-corrected chi connectivity index (χ0v) is 21.4. The minimum Gasteiger partial charge on any atom is -0.489 e. The molecule has 0 aliphatic rings. The lowest BCUT2D eigenvalue weighted by atomic mass is 10.1. The quantitative estimate of drug-likeness (QED) is 0.201. The molecule has 11 heteroatoms. The van der Waals surface area contributed by atoms with Crippen LogP contribution < -0.4 is 10.1 Å². The number of nitro benzene ring substituents is 1. The van der Waals surface area contributed by atoms with Crippen LogP contribution in [-0.4, -0.2) is 20.6 Å². The molecule has 8 nitrogen and oxygen atoms in total. The summed E-state index contributed by atoms with van der Waals surface area (Å²) in [7, 11) is 0. The van der Waals surface area contributed by atoms with Crippen molar-refractivity contribution in [1.82, 2.24) is 9.78 Å². The van der Waals surface area contributed by atoms with E-state index in [1.165, 1.54) is 18.2 Å². The molecule has 0 atom stereocenters. The molecule has 0 spiro atoms. The first-order chi connectivity index (χ1) is 18.4. The van der Waals surface area contributed by atoms with Gasteiger partial charge in [0.2, 0.25) is 0 Å². The van der Waals surface area contributed by atoms with Gasteiger partial charge in [-0.2, -0.15) is 18.3 Å². The number of carbonyl (C=O) groups excluding carboxylic acids is 1. The fourth-order valence-electron chi connectivity index (χ4n) is 4.13. The standard InChI is InChI=1S/C28H25F3N4O4/c1-17-12-24(10-11-25(17)35(37)38)39-16-21-7-4-8-22(13-21)27(36)32-26-18(2)33-34(19(26)3)15-20-6-5-9-23(14-20)28(29,30)31/h4-14H,15-16H2,1-3H3,(H,32,36). The topological polar surface area (TPSA) is 99.3 Å². The summed E-state index contributed by atoms with van der Waals surface area (Å²) >= 11 is 0. The molecule has 0 saturated carbocycles. The van der Waals surface area contributed by atoms with Gasteiger partial charge in [0.05, 0.1) is 34.1 Å². The van der Waals surface area contributed by atoms with Crippen LogP contribution in [0.5, 0.6) is 5.75 Å². The lowest BCUT2D eigenvalue weighted by Crippen LogP contribution is -2.14. The number of rotatable bonds is 8. The van der Waals surface area contributed by atoms with E-state index in [4.69, 9.17) is 4.74 Å². The predicted octanol–water partition coefficient (Wildman–Crippen LogP) is 6.61. The number of anilines is 1. The third kappa shape index (κ3) is 6.43. The fraction of sp³-hybridized carbons (Fsp3) is 0.214. The van der Waals surface area contributed by atoms with Crippen molar-refractivity contribution in [2.45, 2.75) is 40.1 Å². The van der Waals surface area contributed by atoms with Gasteiger partial charge in [0.15, 0.2) is 0 Å². The lowest BCUT2D eigenvalue weighted by molar-refractivity contribution is -0.385. The Kier molecular flexibility index (Phi) is 7.70. The van der Waals surface area contributed by atoms with E-state index in [-0.39, 0.29) is 24.7 Å². The number of alkyl halides is 3. The number of aromatic nitrogens is 2. The SMILES string of the molecule is Cc1cc(OCc2cccc(C(=O)Nc3c(C)nn(Cc4cccc(C(F)(F)F)c4)c3C)c2)ccc1[N+](=O)[O-]. The summed E-state index contributed by atoms with van der Waals surface area (Å²) in [6.45, 7) is 5.33. The molecular formula is C28H25F3N4O4. The molecule has 1 heterocycles. The second-order valence-electron chi connectivity index (χ2n) is 9.05. The van der Waals surface area contributed by atoms with E-state index < -0.39 is 16.7 Å². The smallest absolute Gasteiger partial charge is 0.416 e. The number of carbonyl (C=O) groups is 1. The number of hydrogen-bond acceptors (Lipinski definition) is 5. The third-order valence-electron chi connectivity index (χ3n) is 6.17. The number of hydrogen-bond donors (Lipinski definition) is 1. The van der Waals surface area contributed by atoms with Crippen LogP contribution >= 0.6 is 0 Å². The van der Waals surface area contributed by atoms with Gasteiger partial charge in [0, 0.05) is 17.2 Å². The van der Waals surface area contributed by atoms with Gasteiger partial charge in [-0.15, -0.1) is 0 Å². The van der Waals surface area contributed by atoms with Gasteiger partial charge in [0.25, 0.3) is 11.6 Å². The normalized spacial score (nSPS) is 11.3. The zero-order valence-electron chi connectivity index (χ0n) is 21.4. The summed E-state index contributed by atoms with van der Waals surface area (Å²) in [5, 5.41) is 18.3. The van der Waals surface area contributed by atoms with Crippen LogP contribution in [0.2, 0.25) is 0 Å². The summed E-state index contributed by atoms with van der Waals surface area (Å²) in [6.07, 6.45) is -4.44. The highest BCUT2D eigenvalue weighted by molar-refractivity contribution is 6.05. The van der Waals surface area contributed by atoms with Crippen molar-refractivity contribution in [3.8, 4) is 5.75 Å². The maximum atomic E-state index is 13.1. The average Bonchev–Trinajstić information content (AvgIpc) is 3.14. The molecule has 0 fully saturated rings. The minimum absolute atomic E-state index is 0.00440. The molecule has 0 bridgehead atoms.